The smallest absolute Gasteiger partial charge is 0.251 e. The van der Waals surface area contributed by atoms with Crippen LogP contribution in [-0.4, -0.2) is 21.8 Å². The number of anilines is 4. The number of nitrogens with zero attached hydrogens (tertiary/aromatic N) is 4. The minimum Gasteiger partial charge on any atom is -0.375 e. The highest BCUT2D eigenvalue weighted by Gasteiger charge is 2.37. The molecule has 0 aliphatic carbocycles. The molecule has 0 atom stereocenters. The van der Waals surface area contributed by atoms with E-state index in [0.29, 0.717) is 14.9 Å². The van der Waals surface area contributed by atoms with Crippen molar-refractivity contribution < 1.29 is 18.4 Å². The zero-order valence-corrected chi connectivity index (χ0v) is 29.7. The van der Waals surface area contributed by atoms with Gasteiger partial charge in [0.15, 0.2) is 10.3 Å². The molecular formula is C41H32F2N6O2S2. The zero-order valence-electron chi connectivity index (χ0n) is 28.1. The molecule has 0 saturated heterocycles. The van der Waals surface area contributed by atoms with Crippen molar-refractivity contribution >= 4 is 56.1 Å². The number of benzene rings is 5. The standard InChI is InChI=1S/C41H32F2N6O2S2/c42-31-18-10-20-33(22-31)48(37(50)24-35-26-45-39(44)52-35)49(34-21-11-19-32(43)23-34)38(51)25-36-27-46-40(53-36)47-41(28-12-4-1-5-13-28,29-14-6-2-7-15-29)30-16-8-3-9-17-30/h1-23,26-27H,24-25H2,(H2,44,45)(H,46,47). The van der Waals surface area contributed by atoms with Crippen molar-refractivity contribution in [2.24, 2.45) is 0 Å². The first-order valence-corrected chi connectivity index (χ1v) is 18.2. The molecule has 53 heavy (non-hydrogen) atoms. The Hall–Kier alpha value is -6.24. The fourth-order valence-electron chi connectivity index (χ4n) is 6.20. The number of carbonyl (C=O) groups excluding carboxylic acids is 2. The summed E-state index contributed by atoms with van der Waals surface area (Å²) in [6, 6.07) is 40.8. The van der Waals surface area contributed by atoms with Gasteiger partial charge in [-0.1, -0.05) is 103 Å². The monoisotopic (exact) mass is 742 g/mol. The molecule has 8 nitrogen and oxygen atoms in total. The molecule has 0 unspecified atom stereocenters. The van der Waals surface area contributed by atoms with Crippen LogP contribution in [-0.2, 0) is 28.0 Å². The molecule has 0 aliphatic rings. The van der Waals surface area contributed by atoms with Gasteiger partial charge in [0.25, 0.3) is 11.8 Å². The highest BCUT2D eigenvalue weighted by molar-refractivity contribution is 7.15. The number of carbonyl (C=O) groups is 2. The number of nitrogen functional groups attached to an aromatic ring is 1. The van der Waals surface area contributed by atoms with Gasteiger partial charge >= 0.3 is 0 Å². The van der Waals surface area contributed by atoms with Crippen molar-refractivity contribution in [3.8, 4) is 0 Å². The number of rotatable bonds is 11. The summed E-state index contributed by atoms with van der Waals surface area (Å²) in [5, 5.41) is 6.69. The van der Waals surface area contributed by atoms with E-state index in [1.54, 1.807) is 6.20 Å². The third-order valence-electron chi connectivity index (χ3n) is 8.47. The summed E-state index contributed by atoms with van der Waals surface area (Å²) in [5.74, 6) is -2.40. The van der Waals surface area contributed by atoms with E-state index in [-0.39, 0.29) is 29.3 Å². The Morgan fingerprint density at radius 2 is 1.04 bits per heavy atom. The first-order valence-electron chi connectivity index (χ1n) is 16.6. The Balaban J connectivity index is 1.27. The van der Waals surface area contributed by atoms with Crippen LogP contribution < -0.4 is 21.1 Å². The van der Waals surface area contributed by atoms with Crippen LogP contribution in [0, 0.1) is 11.6 Å². The van der Waals surface area contributed by atoms with Gasteiger partial charge < -0.3 is 11.1 Å². The number of hydrogen-bond donors (Lipinski definition) is 2. The first-order chi connectivity index (χ1) is 25.8. The van der Waals surface area contributed by atoms with Crippen LogP contribution in [0.3, 0.4) is 0 Å². The number of thiazole rings is 2. The summed E-state index contributed by atoms with van der Waals surface area (Å²) in [6.45, 7) is 0. The van der Waals surface area contributed by atoms with Gasteiger partial charge in [-0.2, -0.15) is 0 Å². The van der Waals surface area contributed by atoms with Crippen LogP contribution in [0.4, 0.5) is 30.4 Å². The van der Waals surface area contributed by atoms with Crippen LogP contribution in [0.25, 0.3) is 0 Å². The van der Waals surface area contributed by atoms with Crippen LogP contribution in [0.5, 0.6) is 0 Å². The van der Waals surface area contributed by atoms with Gasteiger partial charge in [0.2, 0.25) is 0 Å². The number of nitrogens with two attached hydrogens (primary N) is 1. The summed E-state index contributed by atoms with van der Waals surface area (Å²) in [4.78, 5) is 38.4. The lowest BCUT2D eigenvalue weighted by Gasteiger charge is -2.36. The molecule has 2 amide bonds. The van der Waals surface area contributed by atoms with E-state index < -0.39 is 29.0 Å². The normalized spacial score (nSPS) is 11.2. The summed E-state index contributed by atoms with van der Waals surface area (Å²) in [5.41, 5.74) is 8.07. The number of amides is 2. The van der Waals surface area contributed by atoms with E-state index in [1.165, 1.54) is 53.9 Å². The van der Waals surface area contributed by atoms with E-state index in [0.717, 1.165) is 50.2 Å². The average molecular weight is 743 g/mol. The first kappa shape index (κ1) is 35.2. The van der Waals surface area contributed by atoms with Gasteiger partial charge in [0.05, 0.1) is 24.2 Å². The van der Waals surface area contributed by atoms with Crippen molar-refractivity contribution in [3.05, 3.63) is 190 Å². The van der Waals surface area contributed by atoms with E-state index >= 15 is 0 Å². The Bertz CT molecular complexity index is 2240. The van der Waals surface area contributed by atoms with E-state index in [9.17, 15) is 18.4 Å². The van der Waals surface area contributed by atoms with E-state index in [2.05, 4.69) is 46.7 Å². The molecule has 0 radical (unpaired) electrons. The lowest BCUT2D eigenvalue weighted by atomic mass is 9.77. The molecule has 0 spiro atoms. The summed E-state index contributed by atoms with van der Waals surface area (Å²) in [7, 11) is 0. The van der Waals surface area contributed by atoms with Crippen LogP contribution >= 0.6 is 22.7 Å². The van der Waals surface area contributed by atoms with Gasteiger partial charge in [0, 0.05) is 22.1 Å². The molecule has 0 saturated carbocycles. The van der Waals surface area contributed by atoms with Gasteiger partial charge in [-0.3, -0.25) is 9.59 Å². The third kappa shape index (κ3) is 7.69. The van der Waals surface area contributed by atoms with Gasteiger partial charge in [-0.25, -0.2) is 28.8 Å². The maximum Gasteiger partial charge on any atom is 0.251 e. The fourth-order valence-corrected chi connectivity index (χ4v) is 7.73. The number of hydrazine groups is 1. The molecule has 264 valence electrons. The fraction of sp³-hybridized carbons (Fsp3) is 0.0732. The molecule has 2 aromatic heterocycles. The molecule has 2 heterocycles. The second-order valence-corrected chi connectivity index (χ2v) is 14.3. The Morgan fingerprint density at radius 1 is 0.604 bits per heavy atom. The van der Waals surface area contributed by atoms with Crippen molar-refractivity contribution in [1.29, 1.82) is 0 Å². The molecule has 12 heteroatoms. The minimum atomic E-state index is -0.850. The number of aromatic nitrogens is 2. The topological polar surface area (TPSA) is 104 Å². The second-order valence-electron chi connectivity index (χ2n) is 12.0. The number of nitrogens with one attached hydrogen (secondary N) is 1. The minimum absolute atomic E-state index is 0.0788. The lowest BCUT2D eigenvalue weighted by molar-refractivity contribution is -0.123. The maximum absolute atomic E-state index is 14.7. The predicted octanol–water partition coefficient (Wildman–Crippen LogP) is 8.63. The van der Waals surface area contributed by atoms with Gasteiger partial charge in [0.1, 0.15) is 17.2 Å². The molecular weight excluding hydrogens is 711 g/mol. The SMILES string of the molecule is Nc1ncc(CC(=O)N(c2cccc(F)c2)N(C(=O)Cc2cnc(NC(c3ccccc3)(c3ccccc3)c3ccccc3)s2)c2cccc(F)c2)s1. The molecule has 7 rings (SSSR count). The van der Waals surface area contributed by atoms with Crippen LogP contribution in [0.15, 0.2) is 152 Å². The quantitative estimate of drug-likeness (QED) is 0.102. The van der Waals surface area contributed by atoms with Gasteiger partial charge in [-0.15, -0.1) is 22.7 Å². The molecule has 0 bridgehead atoms. The highest BCUT2D eigenvalue weighted by Crippen LogP contribution is 2.41. The van der Waals surface area contributed by atoms with Crippen molar-refractivity contribution in [3.63, 3.8) is 0 Å². The average Bonchev–Trinajstić information content (AvgIpc) is 3.80. The molecule has 5 aromatic carbocycles. The third-order valence-corrected chi connectivity index (χ3v) is 10.2. The van der Waals surface area contributed by atoms with Crippen LogP contribution in [0.2, 0.25) is 0 Å². The van der Waals surface area contributed by atoms with E-state index in [4.69, 9.17) is 10.7 Å². The zero-order chi connectivity index (χ0) is 36.8. The molecule has 3 N–H and O–H groups in total. The Labute approximate surface area is 312 Å². The Morgan fingerprint density at radius 3 is 1.45 bits per heavy atom. The summed E-state index contributed by atoms with van der Waals surface area (Å²) < 4.78 is 29.4. The molecule has 0 aliphatic heterocycles. The number of hydrogen-bond acceptors (Lipinski definition) is 8. The highest BCUT2D eigenvalue weighted by atomic mass is 32.1. The summed E-state index contributed by atoms with van der Waals surface area (Å²) >= 11 is 2.41. The Kier molecular flexibility index (Phi) is 10.3. The summed E-state index contributed by atoms with van der Waals surface area (Å²) in [6.07, 6.45) is 2.67. The van der Waals surface area contributed by atoms with Crippen molar-refractivity contribution in [2.45, 2.75) is 18.4 Å². The van der Waals surface area contributed by atoms with Gasteiger partial charge in [-0.05, 0) is 53.1 Å². The van der Waals surface area contributed by atoms with Crippen LogP contribution in [0.1, 0.15) is 26.4 Å². The van der Waals surface area contributed by atoms with Crippen molar-refractivity contribution in [1.82, 2.24) is 9.97 Å². The second kappa shape index (κ2) is 15.6. The predicted molar refractivity (Wildman–Crippen MR) is 207 cm³/mol. The maximum atomic E-state index is 14.7. The molecule has 0 fully saturated rings. The molecule has 7 aromatic rings. The van der Waals surface area contributed by atoms with E-state index in [1.807, 2.05) is 54.6 Å². The largest absolute Gasteiger partial charge is 0.375 e. The van der Waals surface area contributed by atoms with Crippen molar-refractivity contribution in [2.75, 3.05) is 21.1 Å². The number of halogens is 2. The lowest BCUT2D eigenvalue weighted by Crippen LogP contribution is -2.52.